The van der Waals surface area contributed by atoms with E-state index in [1.807, 2.05) is 30.0 Å². The van der Waals surface area contributed by atoms with Gasteiger partial charge >= 0.3 is 0 Å². The van der Waals surface area contributed by atoms with Crippen LogP contribution < -0.4 is 5.32 Å². The minimum atomic E-state index is -3.43. The topological polar surface area (TPSA) is 66.5 Å². The minimum Gasteiger partial charge on any atom is -0.333 e. The Kier molecular flexibility index (Phi) is 5.20. The molecule has 0 radical (unpaired) electrons. The molecule has 132 valence electrons. The summed E-state index contributed by atoms with van der Waals surface area (Å²) in [4.78, 5) is 14.7. The van der Waals surface area contributed by atoms with Crippen molar-refractivity contribution in [1.82, 2.24) is 10.2 Å². The predicted octanol–water partition coefficient (Wildman–Crippen LogP) is 2.09. The van der Waals surface area contributed by atoms with Crippen LogP contribution in [0.4, 0.5) is 0 Å². The molecular weight excluding hydrogens is 336 g/mol. The van der Waals surface area contributed by atoms with Crippen LogP contribution in [0.5, 0.6) is 0 Å². The van der Waals surface area contributed by atoms with Gasteiger partial charge in [0.25, 0.3) is 5.91 Å². The van der Waals surface area contributed by atoms with Gasteiger partial charge in [0.15, 0.2) is 9.84 Å². The quantitative estimate of drug-likeness (QED) is 0.909. The summed E-state index contributed by atoms with van der Waals surface area (Å²) < 4.78 is 25.1. The first-order valence-corrected chi connectivity index (χ1v) is 10.0. The van der Waals surface area contributed by atoms with Crippen LogP contribution in [0.1, 0.15) is 22.8 Å². The molecule has 5 nitrogen and oxygen atoms in total. The summed E-state index contributed by atoms with van der Waals surface area (Å²) in [6.07, 6.45) is 0. The number of hydrogen-bond acceptors (Lipinski definition) is 4. The van der Waals surface area contributed by atoms with E-state index in [0.29, 0.717) is 12.1 Å². The van der Waals surface area contributed by atoms with Crippen molar-refractivity contribution >= 4 is 15.7 Å². The van der Waals surface area contributed by atoms with E-state index in [2.05, 4.69) is 5.32 Å². The molecule has 1 saturated heterocycles. The van der Waals surface area contributed by atoms with Crippen LogP contribution >= 0.6 is 0 Å². The number of carbonyl (C=O) groups is 1. The predicted molar refractivity (Wildman–Crippen MR) is 97.1 cm³/mol. The van der Waals surface area contributed by atoms with Crippen molar-refractivity contribution in [2.75, 3.05) is 19.6 Å². The second kappa shape index (κ2) is 7.37. The fourth-order valence-electron chi connectivity index (χ4n) is 2.99. The second-order valence-electron chi connectivity index (χ2n) is 6.32. The smallest absolute Gasteiger partial charge is 0.254 e. The van der Waals surface area contributed by atoms with Crippen molar-refractivity contribution < 1.29 is 13.2 Å². The molecule has 1 aliphatic rings. The van der Waals surface area contributed by atoms with Gasteiger partial charge in [-0.3, -0.25) is 4.79 Å². The number of benzene rings is 2. The van der Waals surface area contributed by atoms with Crippen molar-refractivity contribution in [2.45, 2.75) is 23.6 Å². The van der Waals surface area contributed by atoms with E-state index in [1.165, 1.54) is 12.1 Å². The van der Waals surface area contributed by atoms with Gasteiger partial charge in [-0.15, -0.1) is 0 Å². The van der Waals surface area contributed by atoms with Crippen LogP contribution in [0, 0.1) is 0 Å². The maximum Gasteiger partial charge on any atom is 0.254 e. The standard InChI is InChI=1S/C19H22N2O3S/c1-15-13-20-11-12-21(15)19(22)17-7-9-18(10-8-17)25(23,24)14-16-5-3-2-4-6-16/h2-10,15,20H,11-14H2,1H3/t15-/m1/s1. The normalized spacial score (nSPS) is 18.1. The summed E-state index contributed by atoms with van der Waals surface area (Å²) in [6, 6.07) is 15.5. The Morgan fingerprint density at radius 1 is 1.12 bits per heavy atom. The maximum absolute atomic E-state index is 12.6. The van der Waals surface area contributed by atoms with Gasteiger partial charge in [0.05, 0.1) is 10.6 Å². The molecule has 0 saturated carbocycles. The van der Waals surface area contributed by atoms with Crippen LogP contribution in [0.15, 0.2) is 59.5 Å². The van der Waals surface area contributed by atoms with Crippen LogP contribution in [0.2, 0.25) is 0 Å². The first-order chi connectivity index (χ1) is 12.0. The Morgan fingerprint density at radius 3 is 2.44 bits per heavy atom. The fourth-order valence-corrected chi connectivity index (χ4v) is 4.34. The van der Waals surface area contributed by atoms with Gasteiger partial charge in [-0.1, -0.05) is 30.3 Å². The lowest BCUT2D eigenvalue weighted by Crippen LogP contribution is -2.52. The van der Waals surface area contributed by atoms with Gasteiger partial charge in [0.2, 0.25) is 0 Å². The summed E-state index contributed by atoms with van der Waals surface area (Å²) >= 11 is 0. The van der Waals surface area contributed by atoms with Crippen molar-refractivity contribution in [3.63, 3.8) is 0 Å². The molecule has 0 aliphatic carbocycles. The minimum absolute atomic E-state index is 0.0457. The lowest BCUT2D eigenvalue weighted by molar-refractivity contribution is 0.0655. The summed E-state index contributed by atoms with van der Waals surface area (Å²) in [5.74, 6) is -0.100. The highest BCUT2D eigenvalue weighted by atomic mass is 32.2. The first kappa shape index (κ1) is 17.6. The van der Waals surface area contributed by atoms with Crippen LogP contribution in [0.3, 0.4) is 0 Å². The van der Waals surface area contributed by atoms with E-state index < -0.39 is 9.84 Å². The molecule has 1 amide bonds. The zero-order valence-corrected chi connectivity index (χ0v) is 15.0. The monoisotopic (exact) mass is 358 g/mol. The zero-order chi connectivity index (χ0) is 17.9. The van der Waals surface area contributed by atoms with Gasteiger partial charge in [-0.2, -0.15) is 0 Å². The van der Waals surface area contributed by atoms with Crippen LogP contribution in [0.25, 0.3) is 0 Å². The molecule has 1 fully saturated rings. The highest BCUT2D eigenvalue weighted by Crippen LogP contribution is 2.18. The Morgan fingerprint density at radius 2 is 1.80 bits per heavy atom. The van der Waals surface area contributed by atoms with Crippen molar-refractivity contribution in [3.05, 3.63) is 65.7 Å². The molecule has 3 rings (SSSR count). The molecule has 25 heavy (non-hydrogen) atoms. The van der Waals surface area contributed by atoms with E-state index in [0.717, 1.165) is 18.7 Å². The number of hydrogen-bond donors (Lipinski definition) is 1. The van der Waals surface area contributed by atoms with Crippen molar-refractivity contribution in [3.8, 4) is 0 Å². The highest BCUT2D eigenvalue weighted by molar-refractivity contribution is 7.90. The van der Waals surface area contributed by atoms with E-state index in [4.69, 9.17) is 0 Å². The summed E-state index contributed by atoms with van der Waals surface area (Å²) in [7, 11) is -3.43. The molecule has 1 N–H and O–H groups in total. The number of nitrogens with one attached hydrogen (secondary N) is 1. The van der Waals surface area contributed by atoms with Gasteiger partial charge in [-0.05, 0) is 36.8 Å². The summed E-state index contributed by atoms with van der Waals surface area (Å²) in [5, 5.41) is 3.25. The lowest BCUT2D eigenvalue weighted by Gasteiger charge is -2.34. The summed E-state index contributed by atoms with van der Waals surface area (Å²) in [6.45, 7) is 4.21. The second-order valence-corrected chi connectivity index (χ2v) is 8.31. The number of amides is 1. The summed E-state index contributed by atoms with van der Waals surface area (Å²) in [5.41, 5.74) is 1.27. The molecule has 2 aromatic carbocycles. The average molecular weight is 358 g/mol. The van der Waals surface area contributed by atoms with E-state index in [1.54, 1.807) is 24.3 Å². The molecule has 1 aliphatic heterocycles. The molecule has 0 bridgehead atoms. The van der Waals surface area contributed by atoms with Crippen LogP contribution in [-0.4, -0.2) is 44.9 Å². The van der Waals surface area contributed by atoms with Gasteiger partial charge < -0.3 is 10.2 Å². The van der Waals surface area contributed by atoms with Gasteiger partial charge in [0.1, 0.15) is 0 Å². The number of piperazine rings is 1. The molecule has 2 aromatic rings. The van der Waals surface area contributed by atoms with Gasteiger partial charge in [-0.25, -0.2) is 8.42 Å². The highest BCUT2D eigenvalue weighted by Gasteiger charge is 2.24. The molecule has 0 unspecified atom stereocenters. The number of rotatable bonds is 4. The third-order valence-corrected chi connectivity index (χ3v) is 6.13. The average Bonchev–Trinajstić information content (AvgIpc) is 2.62. The zero-order valence-electron chi connectivity index (χ0n) is 14.2. The lowest BCUT2D eigenvalue weighted by atomic mass is 10.1. The van der Waals surface area contributed by atoms with Crippen molar-refractivity contribution in [1.29, 1.82) is 0 Å². The molecule has 0 aromatic heterocycles. The SMILES string of the molecule is C[C@@H]1CNCCN1C(=O)c1ccc(S(=O)(=O)Cc2ccccc2)cc1. The van der Waals surface area contributed by atoms with E-state index in [-0.39, 0.29) is 22.6 Å². The Balaban J connectivity index is 1.76. The number of carbonyl (C=O) groups excluding carboxylic acids is 1. The number of nitrogens with zero attached hydrogens (tertiary/aromatic N) is 1. The molecule has 0 spiro atoms. The fraction of sp³-hybridized carbons (Fsp3) is 0.316. The Hall–Kier alpha value is -2.18. The molecule has 1 heterocycles. The maximum atomic E-state index is 12.6. The third kappa shape index (κ3) is 4.08. The molecular formula is C19H22N2O3S. The Labute approximate surface area is 148 Å². The van der Waals surface area contributed by atoms with Gasteiger partial charge in [0, 0.05) is 31.2 Å². The third-order valence-electron chi connectivity index (χ3n) is 4.42. The molecule has 6 heteroatoms. The first-order valence-electron chi connectivity index (χ1n) is 8.36. The molecule has 1 atom stereocenters. The van der Waals surface area contributed by atoms with Crippen molar-refractivity contribution in [2.24, 2.45) is 0 Å². The van der Waals surface area contributed by atoms with Crippen LogP contribution in [-0.2, 0) is 15.6 Å². The van der Waals surface area contributed by atoms with E-state index >= 15 is 0 Å². The Bertz CT molecular complexity index is 833. The largest absolute Gasteiger partial charge is 0.333 e. The number of sulfone groups is 1. The van der Waals surface area contributed by atoms with E-state index in [9.17, 15) is 13.2 Å².